The Bertz CT molecular complexity index is 388. The van der Waals surface area contributed by atoms with Crippen LogP contribution in [0.15, 0.2) is 12.1 Å². The quantitative estimate of drug-likeness (QED) is 0.464. The highest BCUT2D eigenvalue weighted by atomic mass is 35.5. The van der Waals surface area contributed by atoms with Gasteiger partial charge in [0.15, 0.2) is 5.78 Å². The predicted molar refractivity (Wildman–Crippen MR) is 83.1 cm³/mol. The zero-order chi connectivity index (χ0) is 14.8. The molecule has 1 aromatic rings. The van der Waals surface area contributed by atoms with Gasteiger partial charge in [0.1, 0.15) is 0 Å². The van der Waals surface area contributed by atoms with E-state index in [9.17, 15) is 4.79 Å². The van der Waals surface area contributed by atoms with Crippen molar-refractivity contribution in [3.05, 3.63) is 21.3 Å². The first-order valence-electron chi connectivity index (χ1n) is 6.83. The second kappa shape index (κ2) is 10.3. The van der Waals surface area contributed by atoms with Crippen LogP contribution >= 0.6 is 22.9 Å². The molecule has 0 N–H and O–H groups in total. The lowest BCUT2D eigenvalue weighted by Crippen LogP contribution is -2.35. The maximum Gasteiger partial charge on any atom is 0.186 e. The van der Waals surface area contributed by atoms with Gasteiger partial charge in [-0.25, -0.2) is 0 Å². The van der Waals surface area contributed by atoms with Gasteiger partial charge in [0.2, 0.25) is 0 Å². The summed E-state index contributed by atoms with van der Waals surface area (Å²) in [6, 6.07) is 3.53. The van der Waals surface area contributed by atoms with Crippen LogP contribution in [0.25, 0.3) is 0 Å². The van der Waals surface area contributed by atoms with Crippen LogP contribution in [0.2, 0.25) is 4.34 Å². The van der Waals surface area contributed by atoms with Gasteiger partial charge in [0.05, 0.1) is 29.0 Å². The molecule has 114 valence electrons. The van der Waals surface area contributed by atoms with Crippen molar-refractivity contribution in [3.8, 4) is 0 Å². The molecule has 0 spiro atoms. The molecule has 0 fully saturated rings. The van der Waals surface area contributed by atoms with E-state index in [4.69, 9.17) is 21.1 Å². The average molecular weight is 320 g/mol. The fourth-order valence-corrected chi connectivity index (χ4v) is 2.66. The van der Waals surface area contributed by atoms with Crippen molar-refractivity contribution in [2.45, 2.75) is 13.8 Å². The zero-order valence-electron chi connectivity index (χ0n) is 12.1. The average Bonchev–Trinajstić information content (AvgIpc) is 2.86. The molecule has 0 saturated carbocycles. The molecule has 0 aliphatic rings. The second-order valence-electron chi connectivity index (χ2n) is 4.20. The van der Waals surface area contributed by atoms with Gasteiger partial charge in [0, 0.05) is 26.3 Å². The van der Waals surface area contributed by atoms with Crippen molar-refractivity contribution in [2.75, 3.05) is 46.1 Å². The number of hydrogen-bond acceptors (Lipinski definition) is 5. The minimum Gasteiger partial charge on any atom is -0.380 e. The zero-order valence-corrected chi connectivity index (χ0v) is 13.6. The van der Waals surface area contributed by atoms with E-state index in [1.54, 1.807) is 12.1 Å². The van der Waals surface area contributed by atoms with Gasteiger partial charge < -0.3 is 9.47 Å². The number of carbonyl (C=O) groups is 1. The second-order valence-corrected chi connectivity index (χ2v) is 5.91. The molecule has 4 nitrogen and oxygen atoms in total. The first-order valence-corrected chi connectivity index (χ1v) is 8.03. The Hall–Kier alpha value is -0.460. The Kier molecular flexibility index (Phi) is 9.05. The molecule has 0 saturated heterocycles. The molecule has 0 aromatic carbocycles. The van der Waals surface area contributed by atoms with E-state index in [0.717, 1.165) is 13.1 Å². The minimum absolute atomic E-state index is 0.0925. The van der Waals surface area contributed by atoms with Crippen LogP contribution in [0.4, 0.5) is 0 Å². The van der Waals surface area contributed by atoms with Gasteiger partial charge in [-0.15, -0.1) is 11.3 Å². The van der Waals surface area contributed by atoms with Crippen LogP contribution in [0.3, 0.4) is 0 Å². The minimum atomic E-state index is 0.0925. The standard InChI is InChI=1S/C14H22ClNO3S/c1-3-18-9-7-16(8-10-19-4-2)11-12(17)13-5-6-14(15)20-13/h5-6H,3-4,7-11H2,1-2H3. The lowest BCUT2D eigenvalue weighted by Gasteiger charge is -2.20. The van der Waals surface area contributed by atoms with Crippen molar-refractivity contribution in [2.24, 2.45) is 0 Å². The molecule has 0 bridgehead atoms. The fraction of sp³-hybridized carbons (Fsp3) is 0.643. The van der Waals surface area contributed by atoms with E-state index in [-0.39, 0.29) is 5.78 Å². The SMILES string of the molecule is CCOCCN(CCOCC)CC(=O)c1ccc(Cl)s1. The van der Waals surface area contributed by atoms with Gasteiger partial charge in [-0.3, -0.25) is 9.69 Å². The Morgan fingerprint density at radius 2 is 1.80 bits per heavy atom. The number of ether oxygens (including phenoxy) is 2. The van der Waals surface area contributed by atoms with Crippen molar-refractivity contribution in [3.63, 3.8) is 0 Å². The summed E-state index contributed by atoms with van der Waals surface area (Å²) in [6.45, 7) is 8.38. The normalized spacial score (nSPS) is 11.2. The Labute approximate surface area is 129 Å². The summed E-state index contributed by atoms with van der Waals surface area (Å²) < 4.78 is 11.3. The topological polar surface area (TPSA) is 38.8 Å². The number of rotatable bonds is 11. The summed E-state index contributed by atoms with van der Waals surface area (Å²) in [4.78, 5) is 14.9. The maximum absolute atomic E-state index is 12.2. The molecule has 1 aromatic heterocycles. The fourth-order valence-electron chi connectivity index (χ4n) is 1.69. The number of ketones is 1. The van der Waals surface area contributed by atoms with Gasteiger partial charge >= 0.3 is 0 Å². The highest BCUT2D eigenvalue weighted by Gasteiger charge is 2.14. The van der Waals surface area contributed by atoms with Crippen LogP contribution < -0.4 is 0 Å². The third-order valence-corrected chi connectivity index (χ3v) is 4.00. The molecule has 6 heteroatoms. The third kappa shape index (κ3) is 6.81. The molecule has 0 amide bonds. The molecule has 20 heavy (non-hydrogen) atoms. The number of Topliss-reactive ketones (excluding diaryl/α,β-unsaturated/α-hetero) is 1. The van der Waals surface area contributed by atoms with E-state index < -0.39 is 0 Å². The molecular weight excluding hydrogens is 298 g/mol. The Morgan fingerprint density at radius 3 is 2.25 bits per heavy atom. The highest BCUT2D eigenvalue weighted by Crippen LogP contribution is 2.21. The van der Waals surface area contributed by atoms with Gasteiger partial charge in [-0.05, 0) is 26.0 Å². The van der Waals surface area contributed by atoms with E-state index in [2.05, 4.69) is 4.90 Å². The molecule has 0 radical (unpaired) electrons. The maximum atomic E-state index is 12.2. The van der Waals surface area contributed by atoms with E-state index in [1.807, 2.05) is 13.8 Å². The number of nitrogens with zero attached hydrogens (tertiary/aromatic N) is 1. The van der Waals surface area contributed by atoms with Crippen molar-refractivity contribution in [1.29, 1.82) is 0 Å². The van der Waals surface area contributed by atoms with Crippen molar-refractivity contribution in [1.82, 2.24) is 4.90 Å². The van der Waals surface area contributed by atoms with Crippen molar-refractivity contribution < 1.29 is 14.3 Å². The summed E-state index contributed by atoms with van der Waals surface area (Å²) in [5.74, 6) is 0.0925. The Balaban J connectivity index is 2.46. The molecule has 1 rings (SSSR count). The van der Waals surface area contributed by atoms with Crippen LogP contribution in [0, 0.1) is 0 Å². The van der Waals surface area contributed by atoms with E-state index >= 15 is 0 Å². The van der Waals surface area contributed by atoms with Gasteiger partial charge in [-0.2, -0.15) is 0 Å². The van der Waals surface area contributed by atoms with Crippen LogP contribution in [0.5, 0.6) is 0 Å². The summed E-state index contributed by atoms with van der Waals surface area (Å²) in [6.07, 6.45) is 0. The first-order chi connectivity index (χ1) is 9.67. The van der Waals surface area contributed by atoms with E-state index in [1.165, 1.54) is 11.3 Å². The number of thiophene rings is 1. The molecule has 0 atom stereocenters. The number of carbonyl (C=O) groups excluding carboxylic acids is 1. The lowest BCUT2D eigenvalue weighted by molar-refractivity contribution is 0.0727. The molecule has 1 heterocycles. The summed E-state index contributed by atoms with van der Waals surface area (Å²) >= 11 is 7.18. The molecular formula is C14H22ClNO3S. The molecule has 0 unspecified atom stereocenters. The lowest BCUT2D eigenvalue weighted by atomic mass is 10.3. The van der Waals surface area contributed by atoms with Gasteiger partial charge in [-0.1, -0.05) is 11.6 Å². The number of halogens is 1. The monoisotopic (exact) mass is 319 g/mol. The smallest absolute Gasteiger partial charge is 0.186 e. The third-order valence-electron chi connectivity index (χ3n) is 2.73. The number of hydrogen-bond donors (Lipinski definition) is 0. The predicted octanol–water partition coefficient (Wildman–Crippen LogP) is 2.96. The van der Waals surface area contributed by atoms with Crippen LogP contribution in [-0.4, -0.2) is 56.7 Å². The Morgan fingerprint density at radius 1 is 1.20 bits per heavy atom. The van der Waals surface area contributed by atoms with Gasteiger partial charge in [0.25, 0.3) is 0 Å². The summed E-state index contributed by atoms with van der Waals surface area (Å²) in [7, 11) is 0. The van der Waals surface area contributed by atoms with Crippen LogP contribution in [-0.2, 0) is 9.47 Å². The molecule has 0 aliphatic heterocycles. The molecule has 0 aliphatic carbocycles. The highest BCUT2D eigenvalue weighted by molar-refractivity contribution is 7.18. The summed E-state index contributed by atoms with van der Waals surface area (Å²) in [5.41, 5.74) is 0. The summed E-state index contributed by atoms with van der Waals surface area (Å²) in [5, 5.41) is 0. The van der Waals surface area contributed by atoms with E-state index in [0.29, 0.717) is 42.2 Å². The van der Waals surface area contributed by atoms with Crippen LogP contribution in [0.1, 0.15) is 23.5 Å². The first kappa shape index (κ1) is 17.6. The van der Waals surface area contributed by atoms with Crippen molar-refractivity contribution >= 4 is 28.7 Å². The largest absolute Gasteiger partial charge is 0.380 e.